The van der Waals surface area contributed by atoms with Gasteiger partial charge in [0.25, 0.3) is 5.56 Å². The van der Waals surface area contributed by atoms with Crippen molar-refractivity contribution in [1.82, 2.24) is 9.66 Å². The zero-order chi connectivity index (χ0) is 15.2. The van der Waals surface area contributed by atoms with Crippen LogP contribution in [0.3, 0.4) is 0 Å². The number of hydrogen-bond acceptors (Lipinski definition) is 3. The normalized spacial score (nSPS) is 11.2. The molecule has 0 aliphatic heterocycles. The molecule has 4 nitrogen and oxygen atoms in total. The summed E-state index contributed by atoms with van der Waals surface area (Å²) < 4.78 is 1.63. The van der Waals surface area contributed by atoms with Crippen molar-refractivity contribution in [3.63, 3.8) is 0 Å². The van der Waals surface area contributed by atoms with Crippen LogP contribution in [0.4, 0.5) is 0 Å². The Labute approximate surface area is 126 Å². The Kier molecular flexibility index (Phi) is 5.37. The van der Waals surface area contributed by atoms with Gasteiger partial charge in [-0.3, -0.25) is 4.79 Å². The van der Waals surface area contributed by atoms with E-state index in [1.165, 1.54) is 0 Å². The number of aryl methyl sites for hydroxylation is 1. The molecular weight excluding hydrogens is 262 g/mol. The van der Waals surface area contributed by atoms with Crippen LogP contribution in [0.2, 0.25) is 0 Å². The van der Waals surface area contributed by atoms with Crippen LogP contribution in [-0.4, -0.2) is 16.2 Å². The van der Waals surface area contributed by atoms with Gasteiger partial charge in [-0.1, -0.05) is 27.2 Å². The van der Waals surface area contributed by atoms with Gasteiger partial charge in [-0.2, -0.15) is 0 Å². The largest absolute Gasteiger partial charge is 0.321 e. The minimum absolute atomic E-state index is 0.0348. The standard InChI is InChI=1S/C17H25N3O/c1-4-7-15-12-14-9-6-10-18-16(14)20(17(15)21)19-11-5-8-13(2)3/h6,9-10,12-13,19H,4-5,7-8,11H2,1-3H3. The van der Waals surface area contributed by atoms with E-state index in [9.17, 15) is 4.79 Å². The Bertz CT molecular complexity index is 646. The first-order valence-electron chi connectivity index (χ1n) is 7.87. The molecule has 1 N–H and O–H groups in total. The highest BCUT2D eigenvalue weighted by atomic mass is 16.1. The van der Waals surface area contributed by atoms with Crippen LogP contribution in [0.1, 0.15) is 45.6 Å². The van der Waals surface area contributed by atoms with E-state index in [4.69, 9.17) is 0 Å². The smallest absolute Gasteiger partial charge is 0.274 e. The third-order valence-electron chi connectivity index (χ3n) is 3.58. The minimum Gasteiger partial charge on any atom is -0.321 e. The molecule has 0 atom stereocenters. The lowest BCUT2D eigenvalue weighted by atomic mass is 10.1. The fraction of sp³-hybridized carbons (Fsp3) is 0.529. The van der Waals surface area contributed by atoms with Gasteiger partial charge < -0.3 is 5.43 Å². The molecule has 21 heavy (non-hydrogen) atoms. The van der Waals surface area contributed by atoms with Crippen molar-refractivity contribution in [2.75, 3.05) is 12.0 Å². The molecule has 0 radical (unpaired) electrons. The van der Waals surface area contributed by atoms with E-state index in [0.29, 0.717) is 11.6 Å². The maximum absolute atomic E-state index is 12.6. The zero-order valence-corrected chi connectivity index (χ0v) is 13.2. The topological polar surface area (TPSA) is 46.9 Å². The number of fused-ring (bicyclic) bond motifs is 1. The van der Waals surface area contributed by atoms with Crippen LogP contribution in [0.5, 0.6) is 0 Å². The second kappa shape index (κ2) is 7.25. The van der Waals surface area contributed by atoms with Gasteiger partial charge in [0.05, 0.1) is 0 Å². The molecule has 0 saturated carbocycles. The van der Waals surface area contributed by atoms with Crippen LogP contribution in [0.15, 0.2) is 29.2 Å². The summed E-state index contributed by atoms with van der Waals surface area (Å²) in [7, 11) is 0. The summed E-state index contributed by atoms with van der Waals surface area (Å²) in [6, 6.07) is 5.89. The SMILES string of the molecule is CCCc1cc2cccnc2n(NCCCC(C)C)c1=O. The van der Waals surface area contributed by atoms with Crippen molar-refractivity contribution in [2.45, 2.75) is 46.5 Å². The lowest BCUT2D eigenvalue weighted by molar-refractivity contribution is 0.557. The number of hydrogen-bond donors (Lipinski definition) is 1. The second-order valence-electron chi connectivity index (χ2n) is 5.92. The van der Waals surface area contributed by atoms with Crippen molar-refractivity contribution in [1.29, 1.82) is 0 Å². The van der Waals surface area contributed by atoms with Crippen LogP contribution < -0.4 is 11.0 Å². The molecule has 4 heteroatoms. The summed E-state index contributed by atoms with van der Waals surface area (Å²) in [4.78, 5) is 16.9. The molecule has 2 aromatic rings. The van der Waals surface area contributed by atoms with Crippen LogP contribution >= 0.6 is 0 Å². The molecule has 0 spiro atoms. The lowest BCUT2D eigenvalue weighted by Gasteiger charge is -2.14. The van der Waals surface area contributed by atoms with E-state index < -0.39 is 0 Å². The van der Waals surface area contributed by atoms with Crippen LogP contribution in [0.25, 0.3) is 11.0 Å². The molecule has 0 aliphatic rings. The average molecular weight is 287 g/mol. The maximum Gasteiger partial charge on any atom is 0.274 e. The first kappa shape index (κ1) is 15.5. The Morgan fingerprint density at radius 1 is 1.38 bits per heavy atom. The predicted octanol–water partition coefficient (Wildman–Crippen LogP) is 3.33. The minimum atomic E-state index is 0.0348. The monoisotopic (exact) mass is 287 g/mol. The summed E-state index contributed by atoms with van der Waals surface area (Å²) in [5.74, 6) is 0.685. The van der Waals surface area contributed by atoms with Crippen molar-refractivity contribution in [3.8, 4) is 0 Å². The molecule has 2 heterocycles. The zero-order valence-electron chi connectivity index (χ0n) is 13.2. The molecular formula is C17H25N3O. The van der Waals surface area contributed by atoms with Gasteiger partial charge >= 0.3 is 0 Å². The van der Waals surface area contributed by atoms with Gasteiger partial charge in [0.1, 0.15) is 0 Å². The predicted molar refractivity (Wildman–Crippen MR) is 88.3 cm³/mol. The molecule has 114 valence electrons. The number of aromatic nitrogens is 2. The van der Waals surface area contributed by atoms with E-state index in [-0.39, 0.29) is 5.56 Å². The fourth-order valence-electron chi connectivity index (χ4n) is 2.49. The van der Waals surface area contributed by atoms with E-state index in [2.05, 4.69) is 31.2 Å². The van der Waals surface area contributed by atoms with Crippen molar-refractivity contribution >= 4 is 11.0 Å². The average Bonchev–Trinajstić information content (AvgIpc) is 2.46. The molecule has 0 aliphatic carbocycles. The van der Waals surface area contributed by atoms with Crippen molar-refractivity contribution < 1.29 is 0 Å². The van der Waals surface area contributed by atoms with Crippen molar-refractivity contribution in [2.24, 2.45) is 5.92 Å². The first-order valence-corrected chi connectivity index (χ1v) is 7.87. The molecule has 0 amide bonds. The fourth-order valence-corrected chi connectivity index (χ4v) is 2.49. The molecule has 2 rings (SSSR count). The van der Waals surface area contributed by atoms with Gasteiger partial charge in [-0.25, -0.2) is 9.66 Å². The van der Waals surface area contributed by atoms with Crippen LogP contribution in [-0.2, 0) is 6.42 Å². The van der Waals surface area contributed by atoms with Crippen molar-refractivity contribution in [3.05, 3.63) is 40.3 Å². The number of nitrogens with one attached hydrogen (secondary N) is 1. The summed E-state index contributed by atoms with van der Waals surface area (Å²) in [6.07, 6.45) is 5.71. The van der Waals surface area contributed by atoms with Crippen LogP contribution in [0, 0.1) is 5.92 Å². The summed E-state index contributed by atoms with van der Waals surface area (Å²) in [5.41, 5.74) is 4.86. The third-order valence-corrected chi connectivity index (χ3v) is 3.58. The van der Waals surface area contributed by atoms with Gasteiger partial charge in [0.15, 0.2) is 5.65 Å². The Hall–Kier alpha value is -1.84. The Balaban J connectivity index is 2.30. The molecule has 0 saturated heterocycles. The molecule has 2 aromatic heterocycles. The third kappa shape index (κ3) is 3.84. The summed E-state index contributed by atoms with van der Waals surface area (Å²) in [6.45, 7) is 7.31. The second-order valence-corrected chi connectivity index (χ2v) is 5.92. The lowest BCUT2D eigenvalue weighted by Crippen LogP contribution is -2.32. The molecule has 0 unspecified atom stereocenters. The summed E-state index contributed by atoms with van der Waals surface area (Å²) in [5, 5.41) is 1.01. The van der Waals surface area contributed by atoms with Gasteiger partial charge in [-0.05, 0) is 43.4 Å². The quantitative estimate of drug-likeness (QED) is 0.795. The highest BCUT2D eigenvalue weighted by molar-refractivity contribution is 5.75. The summed E-state index contributed by atoms with van der Waals surface area (Å²) >= 11 is 0. The van der Waals surface area contributed by atoms with E-state index >= 15 is 0 Å². The van der Waals surface area contributed by atoms with Gasteiger partial charge in [0, 0.05) is 23.7 Å². The first-order chi connectivity index (χ1) is 10.1. The Morgan fingerprint density at radius 2 is 2.19 bits per heavy atom. The molecule has 0 bridgehead atoms. The van der Waals surface area contributed by atoms with E-state index in [0.717, 1.165) is 43.2 Å². The number of rotatable bonds is 7. The van der Waals surface area contributed by atoms with Gasteiger partial charge in [-0.15, -0.1) is 0 Å². The maximum atomic E-state index is 12.6. The highest BCUT2D eigenvalue weighted by Gasteiger charge is 2.09. The number of nitrogens with zero attached hydrogens (tertiary/aromatic N) is 2. The van der Waals surface area contributed by atoms with E-state index in [1.54, 1.807) is 10.9 Å². The highest BCUT2D eigenvalue weighted by Crippen LogP contribution is 2.11. The van der Waals surface area contributed by atoms with Gasteiger partial charge in [0.2, 0.25) is 0 Å². The Morgan fingerprint density at radius 3 is 2.90 bits per heavy atom. The van der Waals surface area contributed by atoms with E-state index in [1.807, 2.05) is 18.2 Å². The number of pyridine rings is 2. The molecule has 0 aromatic carbocycles. The molecule has 0 fully saturated rings.